The second-order valence-corrected chi connectivity index (χ2v) is 6.34. The zero-order valence-electron chi connectivity index (χ0n) is 12.4. The largest absolute Gasteiger partial charge is 0.361 e. The molecule has 0 saturated carbocycles. The number of hydrogen-bond donors (Lipinski definition) is 1. The van der Waals surface area contributed by atoms with Crippen molar-refractivity contribution < 1.29 is 4.79 Å². The van der Waals surface area contributed by atoms with Gasteiger partial charge in [0.2, 0.25) is 0 Å². The van der Waals surface area contributed by atoms with Crippen LogP contribution in [-0.2, 0) is 0 Å². The van der Waals surface area contributed by atoms with E-state index in [4.69, 9.17) is 0 Å². The van der Waals surface area contributed by atoms with Crippen LogP contribution in [-0.4, -0.2) is 52.9 Å². The fourth-order valence-electron chi connectivity index (χ4n) is 3.93. The van der Waals surface area contributed by atoms with E-state index in [0.717, 1.165) is 36.0 Å². The number of fused-ring (bicyclic) bond motifs is 3. The highest BCUT2D eigenvalue weighted by atomic mass is 16.2. The number of benzene rings is 1. The third-order valence-corrected chi connectivity index (χ3v) is 5.25. The van der Waals surface area contributed by atoms with Crippen molar-refractivity contribution in [2.75, 3.05) is 20.1 Å². The summed E-state index contributed by atoms with van der Waals surface area (Å²) in [6.45, 7) is 1.74. The molecule has 2 fully saturated rings. The molecular weight excluding hydrogens is 262 g/mol. The lowest BCUT2D eigenvalue weighted by Crippen LogP contribution is -2.39. The molecule has 4 nitrogen and oxygen atoms in total. The summed E-state index contributed by atoms with van der Waals surface area (Å²) in [4.78, 5) is 20.7. The van der Waals surface area contributed by atoms with Crippen LogP contribution in [0.15, 0.2) is 30.5 Å². The summed E-state index contributed by atoms with van der Waals surface area (Å²) in [6, 6.07) is 9.16. The van der Waals surface area contributed by atoms with Crippen LogP contribution in [0.1, 0.15) is 29.6 Å². The van der Waals surface area contributed by atoms with E-state index < -0.39 is 0 Å². The number of aromatic amines is 1. The van der Waals surface area contributed by atoms with Crippen LogP contribution < -0.4 is 0 Å². The molecule has 1 aromatic carbocycles. The molecule has 2 bridgehead atoms. The maximum absolute atomic E-state index is 12.9. The highest BCUT2D eigenvalue weighted by molar-refractivity contribution is 6.05. The smallest absolute Gasteiger partial charge is 0.256 e. The van der Waals surface area contributed by atoms with Gasteiger partial charge in [-0.2, -0.15) is 0 Å². The van der Waals surface area contributed by atoms with Gasteiger partial charge >= 0.3 is 0 Å². The highest BCUT2D eigenvalue weighted by Gasteiger charge is 2.36. The lowest BCUT2D eigenvalue weighted by atomic mass is 10.1. The molecule has 2 saturated heterocycles. The molecule has 1 amide bonds. The summed E-state index contributed by atoms with van der Waals surface area (Å²) < 4.78 is 0. The first-order valence-electron chi connectivity index (χ1n) is 7.81. The summed E-state index contributed by atoms with van der Waals surface area (Å²) in [5.74, 6) is 0.170. The molecule has 110 valence electrons. The maximum Gasteiger partial charge on any atom is 0.256 e. The first kappa shape index (κ1) is 12.9. The van der Waals surface area contributed by atoms with E-state index in [2.05, 4.69) is 21.8 Å². The SMILES string of the molecule is CN1C2CCC1CN(C(=O)c1cccc3cc[nH]c13)CC2. The van der Waals surface area contributed by atoms with Gasteiger partial charge in [0, 0.05) is 36.8 Å². The molecule has 0 aliphatic carbocycles. The molecule has 21 heavy (non-hydrogen) atoms. The van der Waals surface area contributed by atoms with Crippen molar-refractivity contribution in [2.45, 2.75) is 31.3 Å². The lowest BCUT2D eigenvalue weighted by Gasteiger charge is -2.26. The number of amides is 1. The van der Waals surface area contributed by atoms with Crippen molar-refractivity contribution in [2.24, 2.45) is 0 Å². The average molecular weight is 283 g/mol. The topological polar surface area (TPSA) is 39.3 Å². The number of aromatic nitrogens is 1. The third-order valence-electron chi connectivity index (χ3n) is 5.25. The summed E-state index contributed by atoms with van der Waals surface area (Å²) in [5.41, 5.74) is 1.77. The van der Waals surface area contributed by atoms with Crippen molar-refractivity contribution in [1.29, 1.82) is 0 Å². The Balaban J connectivity index is 1.64. The zero-order chi connectivity index (χ0) is 14.4. The molecule has 2 unspecified atom stereocenters. The van der Waals surface area contributed by atoms with Crippen LogP contribution in [0.2, 0.25) is 0 Å². The van der Waals surface area contributed by atoms with Gasteiger partial charge in [-0.1, -0.05) is 12.1 Å². The number of nitrogens with one attached hydrogen (secondary N) is 1. The Morgan fingerprint density at radius 3 is 2.95 bits per heavy atom. The Bertz CT molecular complexity index is 677. The van der Waals surface area contributed by atoms with Gasteiger partial charge in [0.15, 0.2) is 0 Å². The summed E-state index contributed by atoms with van der Waals surface area (Å²) >= 11 is 0. The fraction of sp³-hybridized carbons (Fsp3) is 0.471. The Kier molecular flexibility index (Phi) is 3.00. The first-order chi connectivity index (χ1) is 10.2. The standard InChI is InChI=1S/C17H21N3O/c1-19-13-5-6-14(19)11-20(10-8-13)17(21)15-4-2-3-12-7-9-18-16(12)15/h2-4,7,9,13-14,18H,5-6,8,10-11H2,1H3. The summed E-state index contributed by atoms with van der Waals surface area (Å²) in [5, 5.41) is 1.11. The fourth-order valence-corrected chi connectivity index (χ4v) is 3.93. The van der Waals surface area contributed by atoms with Crippen molar-refractivity contribution in [3.63, 3.8) is 0 Å². The van der Waals surface area contributed by atoms with E-state index in [1.807, 2.05) is 30.5 Å². The average Bonchev–Trinajstić information content (AvgIpc) is 3.03. The molecule has 2 aromatic rings. The predicted octanol–water partition coefficient (Wildman–Crippen LogP) is 2.48. The van der Waals surface area contributed by atoms with Crippen LogP contribution in [0.3, 0.4) is 0 Å². The van der Waals surface area contributed by atoms with Crippen molar-refractivity contribution in [1.82, 2.24) is 14.8 Å². The lowest BCUT2D eigenvalue weighted by molar-refractivity contribution is 0.0742. The van der Waals surface area contributed by atoms with Crippen LogP contribution in [0.4, 0.5) is 0 Å². The number of likely N-dealkylation sites (tertiary alicyclic amines) is 1. The summed E-state index contributed by atoms with van der Waals surface area (Å²) in [7, 11) is 2.21. The van der Waals surface area contributed by atoms with Gasteiger partial charge in [-0.25, -0.2) is 0 Å². The second-order valence-electron chi connectivity index (χ2n) is 6.34. The van der Waals surface area contributed by atoms with Crippen molar-refractivity contribution >= 4 is 16.8 Å². The number of likely N-dealkylation sites (N-methyl/N-ethyl adjacent to an activating group) is 1. The molecule has 2 aliphatic heterocycles. The number of H-pyrrole nitrogens is 1. The third kappa shape index (κ3) is 2.05. The molecule has 0 spiro atoms. The molecule has 3 heterocycles. The van der Waals surface area contributed by atoms with Crippen LogP contribution >= 0.6 is 0 Å². The molecular formula is C17H21N3O. The van der Waals surface area contributed by atoms with E-state index in [-0.39, 0.29) is 5.91 Å². The van der Waals surface area contributed by atoms with Crippen LogP contribution in [0.5, 0.6) is 0 Å². The van der Waals surface area contributed by atoms with Gasteiger partial charge in [0.05, 0.1) is 11.1 Å². The predicted molar refractivity (Wildman–Crippen MR) is 83.4 cm³/mol. The molecule has 4 heteroatoms. The van der Waals surface area contributed by atoms with E-state index in [1.165, 1.54) is 12.8 Å². The van der Waals surface area contributed by atoms with Gasteiger partial charge in [0.25, 0.3) is 5.91 Å². The van der Waals surface area contributed by atoms with Crippen LogP contribution in [0, 0.1) is 0 Å². The number of hydrogen-bond acceptors (Lipinski definition) is 2. The number of rotatable bonds is 1. The van der Waals surface area contributed by atoms with Crippen molar-refractivity contribution in [3.05, 3.63) is 36.0 Å². The number of carbonyl (C=O) groups is 1. The van der Waals surface area contributed by atoms with Gasteiger partial charge < -0.3 is 9.88 Å². The Morgan fingerprint density at radius 1 is 1.19 bits per heavy atom. The van der Waals surface area contributed by atoms with Gasteiger partial charge in [-0.05, 0) is 38.4 Å². The Labute approximate surface area is 124 Å². The number of carbonyl (C=O) groups excluding carboxylic acids is 1. The molecule has 1 N–H and O–H groups in total. The monoisotopic (exact) mass is 283 g/mol. The van der Waals surface area contributed by atoms with E-state index in [1.54, 1.807) is 0 Å². The van der Waals surface area contributed by atoms with E-state index >= 15 is 0 Å². The zero-order valence-corrected chi connectivity index (χ0v) is 12.4. The number of nitrogens with zero attached hydrogens (tertiary/aromatic N) is 2. The molecule has 4 rings (SSSR count). The van der Waals surface area contributed by atoms with E-state index in [9.17, 15) is 4.79 Å². The minimum absolute atomic E-state index is 0.170. The minimum Gasteiger partial charge on any atom is -0.361 e. The molecule has 2 atom stereocenters. The Morgan fingerprint density at radius 2 is 2.05 bits per heavy atom. The minimum atomic E-state index is 0.170. The Hall–Kier alpha value is -1.81. The molecule has 2 aliphatic rings. The maximum atomic E-state index is 12.9. The number of para-hydroxylation sites is 1. The van der Waals surface area contributed by atoms with Gasteiger partial charge in [-0.15, -0.1) is 0 Å². The highest BCUT2D eigenvalue weighted by Crippen LogP contribution is 2.29. The quantitative estimate of drug-likeness (QED) is 0.873. The van der Waals surface area contributed by atoms with E-state index in [0.29, 0.717) is 12.1 Å². The van der Waals surface area contributed by atoms with Crippen molar-refractivity contribution in [3.8, 4) is 0 Å². The normalized spacial score (nSPS) is 26.2. The second kappa shape index (κ2) is 4.88. The van der Waals surface area contributed by atoms with Gasteiger partial charge in [-0.3, -0.25) is 9.69 Å². The molecule has 0 radical (unpaired) electrons. The van der Waals surface area contributed by atoms with Crippen LogP contribution in [0.25, 0.3) is 10.9 Å². The summed E-state index contributed by atoms with van der Waals surface area (Å²) in [6.07, 6.45) is 5.51. The first-order valence-corrected chi connectivity index (χ1v) is 7.81. The van der Waals surface area contributed by atoms with Gasteiger partial charge in [0.1, 0.15) is 0 Å². The molecule has 1 aromatic heterocycles.